The first-order chi connectivity index (χ1) is 32.0. The van der Waals surface area contributed by atoms with Gasteiger partial charge in [-0.25, -0.2) is 13.6 Å². The minimum absolute atomic E-state index is 0.0615. The van der Waals surface area contributed by atoms with Gasteiger partial charge in [0, 0.05) is 19.5 Å². The third-order valence-electron chi connectivity index (χ3n) is 13.9. The van der Waals surface area contributed by atoms with Gasteiger partial charge < -0.3 is 29.4 Å². The van der Waals surface area contributed by atoms with Crippen LogP contribution in [0.15, 0.2) is 72.8 Å². The summed E-state index contributed by atoms with van der Waals surface area (Å²) in [7, 11) is -2.92. The van der Waals surface area contributed by atoms with Crippen LogP contribution in [0.4, 0.5) is 26.7 Å². The third kappa shape index (κ3) is 14.1. The molecule has 17 heteroatoms. The first kappa shape index (κ1) is 55.1. The Morgan fingerprint density at radius 3 is 2.12 bits per heavy atom. The van der Waals surface area contributed by atoms with Crippen LogP contribution in [0.2, 0.25) is 18.1 Å². The number of alkyl halides is 3. The Labute approximate surface area is 405 Å². The second-order valence-corrected chi connectivity index (χ2v) is 26.0. The Hall–Kier alpha value is -4.87. The van der Waals surface area contributed by atoms with E-state index in [0.29, 0.717) is 12.8 Å². The maximum Gasteiger partial charge on any atom is 0.416 e. The normalized spacial score (nSPS) is 20.9. The molecule has 5 rings (SSSR count). The molecule has 2 N–H and O–H groups in total. The van der Waals surface area contributed by atoms with Gasteiger partial charge in [0.1, 0.15) is 28.8 Å². The summed E-state index contributed by atoms with van der Waals surface area (Å²) in [5, 5.41) is 5.70. The van der Waals surface area contributed by atoms with Gasteiger partial charge in [0.15, 0.2) is 8.32 Å². The van der Waals surface area contributed by atoms with Crippen molar-refractivity contribution in [2.75, 3.05) is 13.1 Å². The number of amides is 4. The van der Waals surface area contributed by atoms with Crippen molar-refractivity contribution in [3.05, 3.63) is 107 Å². The fourth-order valence-corrected chi connectivity index (χ4v) is 10.4. The van der Waals surface area contributed by atoms with E-state index in [4.69, 9.17) is 13.9 Å². The summed E-state index contributed by atoms with van der Waals surface area (Å²) >= 11 is 0. The number of nitrogens with zero attached hydrogens (tertiary/aromatic N) is 2. The SMILES string of the molecule is CC[C@@H](C)C1(NC(C)=O)CCN(C(CCc2ccccc2)C(=O)N[C@@H](Cc2cc(F)cc(F)c2)[C@H](O[Si](C)(C)C(C)(C)C)[C@H]2C[C@@H](OCc3cccc(C(F)(F)F)c3)CN2C(=O)OC(C)(C)C)C1=O. The van der Waals surface area contributed by atoms with Gasteiger partial charge in [-0.05, 0) is 118 Å². The van der Waals surface area contributed by atoms with Crippen LogP contribution in [0, 0.1) is 17.6 Å². The lowest BCUT2D eigenvalue weighted by Gasteiger charge is -2.45. The second-order valence-electron chi connectivity index (χ2n) is 21.3. The minimum Gasteiger partial charge on any atom is -0.444 e. The predicted octanol–water partition coefficient (Wildman–Crippen LogP) is 10.2. The lowest BCUT2D eigenvalue weighted by Crippen LogP contribution is -2.63. The molecule has 2 heterocycles. The highest BCUT2D eigenvalue weighted by Gasteiger charge is 2.54. The quantitative estimate of drug-likeness (QED) is 0.0960. The highest BCUT2D eigenvalue weighted by molar-refractivity contribution is 6.74. The molecule has 7 atom stereocenters. The fourth-order valence-electron chi connectivity index (χ4n) is 9.09. The molecular weight excluding hydrogens is 916 g/mol. The number of ether oxygens (including phenoxy) is 2. The molecule has 3 aromatic carbocycles. The Kier molecular flexibility index (Phi) is 17.6. The summed E-state index contributed by atoms with van der Waals surface area (Å²) in [6.45, 7) is 20.2. The van der Waals surface area contributed by atoms with E-state index in [1.165, 1.54) is 28.9 Å². The highest BCUT2D eigenvalue weighted by Crippen LogP contribution is 2.41. The van der Waals surface area contributed by atoms with E-state index in [1.807, 2.05) is 78.0 Å². The summed E-state index contributed by atoms with van der Waals surface area (Å²) in [6, 6.07) is 14.2. The summed E-state index contributed by atoms with van der Waals surface area (Å²) in [4.78, 5) is 60.3. The van der Waals surface area contributed by atoms with E-state index < -0.39 is 96.1 Å². The number of carbonyl (C=O) groups excluding carboxylic acids is 4. The number of rotatable bonds is 18. The van der Waals surface area contributed by atoms with Crippen molar-refractivity contribution in [2.24, 2.45) is 5.92 Å². The van der Waals surface area contributed by atoms with Crippen molar-refractivity contribution in [2.45, 2.75) is 173 Å². The number of carbonyl (C=O) groups is 4. The lowest BCUT2D eigenvalue weighted by molar-refractivity contribution is -0.144. The van der Waals surface area contributed by atoms with Gasteiger partial charge >= 0.3 is 12.3 Å². The molecule has 2 aliphatic heterocycles. The van der Waals surface area contributed by atoms with Crippen LogP contribution in [-0.2, 0) is 53.9 Å². The maximum absolute atomic E-state index is 15.4. The first-order valence-corrected chi connectivity index (χ1v) is 26.8. The number of aryl methyl sites for hydroxylation is 1. The molecule has 0 spiro atoms. The lowest BCUT2D eigenvalue weighted by atomic mass is 9.81. The predicted molar refractivity (Wildman–Crippen MR) is 256 cm³/mol. The summed E-state index contributed by atoms with van der Waals surface area (Å²) < 4.78 is 90.8. The summed E-state index contributed by atoms with van der Waals surface area (Å²) in [5.74, 6) is -3.33. The van der Waals surface area contributed by atoms with E-state index in [1.54, 1.807) is 20.8 Å². The molecule has 2 fully saturated rings. The van der Waals surface area contributed by atoms with Crippen molar-refractivity contribution in [1.29, 1.82) is 0 Å². The van der Waals surface area contributed by atoms with E-state index >= 15 is 13.6 Å². The van der Waals surface area contributed by atoms with Crippen LogP contribution in [0.3, 0.4) is 0 Å². The van der Waals surface area contributed by atoms with Gasteiger partial charge in [0.25, 0.3) is 0 Å². The van der Waals surface area contributed by atoms with Crippen molar-refractivity contribution >= 4 is 32.1 Å². The largest absolute Gasteiger partial charge is 0.444 e. The average molecular weight is 987 g/mol. The van der Waals surface area contributed by atoms with Crippen molar-refractivity contribution in [3.63, 3.8) is 0 Å². The molecule has 4 amide bonds. The summed E-state index contributed by atoms with van der Waals surface area (Å²) in [6.07, 6.45) is -5.88. The van der Waals surface area contributed by atoms with E-state index in [0.717, 1.165) is 35.9 Å². The Morgan fingerprint density at radius 1 is 0.899 bits per heavy atom. The zero-order valence-corrected chi connectivity index (χ0v) is 42.9. The molecule has 2 saturated heterocycles. The third-order valence-corrected chi connectivity index (χ3v) is 18.3. The summed E-state index contributed by atoms with van der Waals surface area (Å²) in [5.41, 5.74) is -1.70. The van der Waals surface area contributed by atoms with Crippen molar-refractivity contribution < 1.29 is 55.0 Å². The zero-order chi connectivity index (χ0) is 51.3. The van der Waals surface area contributed by atoms with Crippen LogP contribution in [0.5, 0.6) is 0 Å². The second kappa shape index (κ2) is 22.0. The van der Waals surface area contributed by atoms with Gasteiger partial charge in [-0.1, -0.05) is 83.5 Å². The molecule has 11 nitrogen and oxygen atoms in total. The highest BCUT2D eigenvalue weighted by atomic mass is 28.4. The monoisotopic (exact) mass is 987 g/mol. The molecule has 0 radical (unpaired) electrons. The molecule has 0 aromatic heterocycles. The number of nitrogens with one attached hydrogen (secondary N) is 2. The smallest absolute Gasteiger partial charge is 0.416 e. The number of benzene rings is 3. The Morgan fingerprint density at radius 2 is 1.54 bits per heavy atom. The van der Waals surface area contributed by atoms with Gasteiger partial charge in [-0.15, -0.1) is 0 Å². The Bertz CT molecular complexity index is 2250. The van der Waals surface area contributed by atoms with Gasteiger partial charge in [-0.3, -0.25) is 19.3 Å². The van der Waals surface area contributed by atoms with E-state index in [9.17, 15) is 27.6 Å². The van der Waals surface area contributed by atoms with E-state index in [-0.39, 0.29) is 68.3 Å². The van der Waals surface area contributed by atoms with Crippen LogP contribution in [0.25, 0.3) is 0 Å². The van der Waals surface area contributed by atoms with Gasteiger partial charge in [0.05, 0.1) is 43.0 Å². The number of hydrogen-bond acceptors (Lipinski definition) is 7. The topological polar surface area (TPSA) is 127 Å². The minimum atomic E-state index is -4.58. The molecule has 0 saturated carbocycles. The standard InChI is InChI=1S/C52H71F5N4O7Si/c1-12-33(2)51(59-34(3)62)23-24-60(47(51)64)43(22-21-35-17-14-13-15-18-35)46(63)58-42(28-37-26-39(53)29-40(54)27-37)45(68-69(10,11)50(7,8)9)44-30-41(31-61(44)48(65)67-49(4,5)6)66-32-36-19-16-20-38(25-36)52(55,56)57/h13-20,25-27,29,33,41-45H,12,21-24,28,30-32H2,1-11H3,(H,58,63)(H,59,62)/t33-,41-,42+,43?,44-,45+,51?/m1/s1. The number of halogens is 5. The molecule has 0 aliphatic carbocycles. The number of hydrogen-bond donors (Lipinski definition) is 2. The van der Waals surface area contributed by atoms with Crippen LogP contribution in [0.1, 0.15) is 110 Å². The molecule has 3 aromatic rings. The van der Waals surface area contributed by atoms with E-state index in [2.05, 4.69) is 10.6 Å². The van der Waals surface area contributed by atoms with Gasteiger partial charge in [-0.2, -0.15) is 13.2 Å². The number of likely N-dealkylation sites (tertiary alicyclic amines) is 2. The Balaban J connectivity index is 1.64. The van der Waals surface area contributed by atoms with Crippen LogP contribution < -0.4 is 10.6 Å². The zero-order valence-electron chi connectivity index (χ0n) is 41.9. The fraction of sp³-hybridized carbons (Fsp3) is 0.577. The molecule has 380 valence electrons. The van der Waals surface area contributed by atoms with Gasteiger partial charge in [0.2, 0.25) is 17.7 Å². The molecular formula is C52H71F5N4O7Si. The maximum atomic E-state index is 15.4. The van der Waals surface area contributed by atoms with Crippen LogP contribution >= 0.6 is 0 Å². The van der Waals surface area contributed by atoms with Crippen molar-refractivity contribution in [3.8, 4) is 0 Å². The molecule has 69 heavy (non-hydrogen) atoms. The molecule has 0 bridgehead atoms. The first-order valence-electron chi connectivity index (χ1n) is 23.9. The van der Waals surface area contributed by atoms with Crippen LogP contribution in [-0.4, -0.2) is 96.5 Å². The van der Waals surface area contributed by atoms with Crippen molar-refractivity contribution in [1.82, 2.24) is 20.4 Å². The molecule has 2 unspecified atom stereocenters. The average Bonchev–Trinajstić information content (AvgIpc) is 3.81. The molecule has 2 aliphatic rings.